The molecule has 0 amide bonds. The molecule has 4 aromatic rings. The van der Waals surface area contributed by atoms with Crippen molar-refractivity contribution in [1.82, 2.24) is 5.32 Å². The first-order chi connectivity index (χ1) is 57.9. The fourth-order valence-corrected chi connectivity index (χ4v) is 13.3. The quantitative estimate of drug-likeness (QED) is 0.00652. The van der Waals surface area contributed by atoms with E-state index in [1.807, 2.05) is 48.5 Å². The van der Waals surface area contributed by atoms with Gasteiger partial charge in [-0.25, -0.2) is 14.4 Å². The Morgan fingerprint density at radius 2 is 0.777 bits per heavy atom. The van der Waals surface area contributed by atoms with Gasteiger partial charge in [-0.1, -0.05) is 284 Å². The number of carboxylic acid groups (broad SMARTS) is 2. The number of epoxide rings is 1. The van der Waals surface area contributed by atoms with Crippen LogP contribution in [0.5, 0.6) is 23.0 Å². The van der Waals surface area contributed by atoms with Gasteiger partial charge >= 0.3 is 35.8 Å². The van der Waals surface area contributed by atoms with Gasteiger partial charge in [0.1, 0.15) is 48.3 Å². The highest BCUT2D eigenvalue weighted by atomic mass is 16.7. The van der Waals surface area contributed by atoms with Crippen LogP contribution in [0.25, 0.3) is 0 Å². The molecule has 24 heteroatoms. The number of nitrogens with one attached hydrogen (secondary N) is 1. The molecule has 686 valence electrons. The van der Waals surface area contributed by atoms with Crippen molar-refractivity contribution in [3.8, 4) is 23.0 Å². The minimum atomic E-state index is -1.98. The topological polar surface area (TPSA) is 380 Å². The summed E-state index contributed by atoms with van der Waals surface area (Å²) in [4.78, 5) is 68.4. The zero-order valence-corrected chi connectivity index (χ0v) is 75.7. The van der Waals surface area contributed by atoms with Crippen molar-refractivity contribution < 1.29 is 96.9 Å². The van der Waals surface area contributed by atoms with Crippen molar-refractivity contribution in [2.75, 3.05) is 40.6 Å². The van der Waals surface area contributed by atoms with Crippen molar-refractivity contribution in [3.05, 3.63) is 145 Å². The number of aliphatic hydroxyl groups is 3. The summed E-state index contributed by atoms with van der Waals surface area (Å²) in [5.41, 5.74) is 22.8. The molecule has 1 heterocycles. The van der Waals surface area contributed by atoms with Crippen molar-refractivity contribution in [2.45, 2.75) is 366 Å². The highest BCUT2D eigenvalue weighted by Crippen LogP contribution is 2.36. The van der Waals surface area contributed by atoms with E-state index in [1.54, 1.807) is 13.8 Å². The number of rotatable bonds is 62. The second kappa shape index (κ2) is 67.5. The molecule has 0 aromatic heterocycles. The number of esters is 4. The smallest absolute Gasteiger partial charge is 0.338 e. The van der Waals surface area contributed by atoms with E-state index in [4.69, 9.17) is 50.7 Å². The summed E-state index contributed by atoms with van der Waals surface area (Å²) in [6.07, 6.45) is 36.1. The molecule has 9 unspecified atom stereocenters. The zero-order chi connectivity index (χ0) is 90.2. The second-order valence-corrected chi connectivity index (χ2v) is 32.7. The van der Waals surface area contributed by atoms with E-state index < -0.39 is 78.5 Å². The minimum Gasteiger partial charge on any atom is -0.491 e. The Bertz CT molecular complexity index is 3240. The molecule has 1 aliphatic rings. The van der Waals surface area contributed by atoms with Gasteiger partial charge in [-0.3, -0.25) is 19.7 Å². The first kappa shape index (κ1) is 111. The van der Waals surface area contributed by atoms with Crippen LogP contribution in [0.3, 0.4) is 0 Å². The number of hydrogen-bond donors (Lipinski definition) is 9. The number of methoxy groups -OCH3 is 2. The first-order valence-electron chi connectivity index (χ1n) is 44.8. The third kappa shape index (κ3) is 51.7. The molecule has 0 saturated carbocycles. The van der Waals surface area contributed by atoms with Crippen molar-refractivity contribution in [2.24, 2.45) is 17.2 Å². The van der Waals surface area contributed by atoms with E-state index in [2.05, 4.69) is 137 Å². The lowest BCUT2D eigenvalue weighted by Gasteiger charge is -2.26. The molecule has 121 heavy (non-hydrogen) atoms. The number of unbranched alkanes of at least 4 members (excludes halogenated alkanes) is 22. The van der Waals surface area contributed by atoms with Crippen LogP contribution in [0.1, 0.15) is 316 Å². The third-order valence-corrected chi connectivity index (χ3v) is 21.1. The first-order valence-corrected chi connectivity index (χ1v) is 44.8. The van der Waals surface area contributed by atoms with E-state index in [9.17, 15) is 49.2 Å². The van der Waals surface area contributed by atoms with Crippen molar-refractivity contribution in [3.63, 3.8) is 0 Å². The predicted molar refractivity (Wildman–Crippen MR) is 481 cm³/mol. The monoisotopic (exact) mass is 1700 g/mol. The highest BCUT2D eigenvalue weighted by Gasteiger charge is 2.51. The van der Waals surface area contributed by atoms with Crippen LogP contribution in [0, 0.1) is 0 Å². The van der Waals surface area contributed by atoms with Crippen LogP contribution in [0.2, 0.25) is 0 Å². The molecule has 5 rings (SSSR count). The number of carboxylic acids is 2. The maximum Gasteiger partial charge on any atom is 0.338 e. The maximum atomic E-state index is 12.5. The Balaban J connectivity index is 0.000000788. The lowest BCUT2D eigenvalue weighted by atomic mass is 9.78. The normalized spacial score (nSPS) is 14.7. The molecular weight excluding hydrogens is 1540 g/mol. The molecule has 0 aliphatic carbocycles. The Hall–Kier alpha value is -7.94. The largest absolute Gasteiger partial charge is 0.491 e. The van der Waals surface area contributed by atoms with Crippen LogP contribution >= 0.6 is 0 Å². The highest BCUT2D eigenvalue weighted by molar-refractivity contribution is 5.89. The molecule has 10 atom stereocenters. The van der Waals surface area contributed by atoms with Crippen LogP contribution in [-0.4, -0.2) is 163 Å². The van der Waals surface area contributed by atoms with Gasteiger partial charge in [-0.15, -0.1) is 0 Å². The van der Waals surface area contributed by atoms with E-state index in [1.165, 1.54) is 164 Å². The minimum absolute atomic E-state index is 0.0283. The number of hydrogen-bond acceptors (Lipinski definition) is 22. The van der Waals surface area contributed by atoms with Crippen LogP contribution in [0.15, 0.2) is 123 Å². The predicted octanol–water partition coefficient (Wildman–Crippen LogP) is 18.3. The number of carbonyl (C=O) groups excluding carboxylic acids is 4. The SMILES string of the molecule is C=COc1ccc(C(C)(C)c2ccc(OCC(C)O)cc2)cc1.C=COc1ccc(C(C)(C)c2ccc(OCC(C)O)cc2)cc1.CCCCCCCCCC(CC(=O)OCCCC(N)CCCCCCCC)NC(C(=O)OC)C(O)C(=O)O.CCCCCCCCCC(N)C(=O)OCCCC(N)CCCCCCCC.COC(=O)C1O[C@@H]1C(=O)O. The fraction of sp³-hybridized carbons (Fsp3) is 0.649. The van der Waals surface area contributed by atoms with Crippen molar-refractivity contribution in [1.29, 1.82) is 0 Å². The molecule has 1 saturated heterocycles. The number of benzene rings is 4. The third-order valence-electron chi connectivity index (χ3n) is 21.1. The maximum absolute atomic E-state index is 12.5. The molecule has 1 aliphatic heterocycles. The zero-order valence-electron chi connectivity index (χ0n) is 75.7. The number of ether oxygens (including phenoxy) is 9. The van der Waals surface area contributed by atoms with Gasteiger partial charge in [0.2, 0.25) is 0 Å². The summed E-state index contributed by atoms with van der Waals surface area (Å²) in [6, 6.07) is 29.9. The summed E-state index contributed by atoms with van der Waals surface area (Å²) >= 11 is 0. The van der Waals surface area contributed by atoms with E-state index in [0.29, 0.717) is 32.7 Å². The molecule has 0 spiro atoms. The number of nitrogens with two attached hydrogens (primary N) is 3. The summed E-state index contributed by atoms with van der Waals surface area (Å²) in [5.74, 6) is -1.78. The summed E-state index contributed by atoms with van der Waals surface area (Å²) in [5, 5.41) is 48.8. The van der Waals surface area contributed by atoms with E-state index >= 15 is 0 Å². The summed E-state index contributed by atoms with van der Waals surface area (Å²) in [7, 11) is 2.31. The number of aliphatic carboxylic acids is 2. The van der Waals surface area contributed by atoms with E-state index in [0.717, 1.165) is 114 Å². The molecule has 1 fully saturated rings. The molecule has 24 nitrogen and oxygen atoms in total. The van der Waals surface area contributed by atoms with Gasteiger partial charge in [0.25, 0.3) is 0 Å². The van der Waals surface area contributed by atoms with Gasteiger partial charge in [0.15, 0.2) is 18.3 Å². The Morgan fingerprint density at radius 3 is 1.10 bits per heavy atom. The van der Waals surface area contributed by atoms with Gasteiger partial charge < -0.3 is 85.4 Å². The van der Waals surface area contributed by atoms with Gasteiger partial charge in [0, 0.05) is 29.0 Å². The van der Waals surface area contributed by atoms with Gasteiger partial charge in [-0.2, -0.15) is 0 Å². The van der Waals surface area contributed by atoms with Crippen molar-refractivity contribution >= 4 is 35.8 Å². The standard InChI is InChI=1S/C29H56N2O7.C23H48N2O2.2C20H24O3.C5H6O5/c1-4-6-8-10-12-14-16-20-24(31-26(29(36)37-3)27(33)28(34)35)22-25(32)38-21-17-19-23(30)18-15-13-11-9-7-5-2;1-3-5-7-9-11-13-15-19-22(25)23(26)27-20-16-18-21(24)17-14-12-10-8-6-4-2;2*1-5-22-18-10-6-16(7-11-18)20(3,4)17-8-12-19(13-9-17)23-14-15(2)21;1-9-5(8)3-2(10-3)4(6)7/h23-24,26-27,31,33H,4-22,30H2,1-3H3,(H,34,35);21-22H,3-20,24-25H2,1-2H3;2*5-13,15,21H,1,14H2,2-4H3;2-3H,1H3,(H,6,7)/t;;;;2-,3?/m....0/s1. The molecule has 0 radical (unpaired) electrons. The second-order valence-electron chi connectivity index (χ2n) is 32.7. The molecular formula is C97H158N4O20. The van der Waals surface area contributed by atoms with Crippen LogP contribution in [-0.2, 0) is 63.3 Å². The lowest BCUT2D eigenvalue weighted by Crippen LogP contribution is -2.54. The van der Waals surface area contributed by atoms with Crippen LogP contribution in [0.4, 0.5) is 0 Å². The van der Waals surface area contributed by atoms with E-state index in [-0.39, 0.29) is 41.9 Å². The molecule has 4 aromatic carbocycles. The van der Waals surface area contributed by atoms with Gasteiger partial charge in [-0.05, 0) is 136 Å². The Kier molecular flexibility index (Phi) is 62.0. The fourth-order valence-electron chi connectivity index (χ4n) is 13.3. The average molecular weight is 1700 g/mol. The van der Waals surface area contributed by atoms with Gasteiger partial charge in [0.05, 0.1) is 58.6 Å². The lowest BCUT2D eigenvalue weighted by molar-refractivity contribution is -0.158. The summed E-state index contributed by atoms with van der Waals surface area (Å²) in [6.45, 7) is 29.4. The molecule has 12 N–H and O–H groups in total. The Labute approximate surface area is 725 Å². The average Bonchev–Trinajstić information content (AvgIpc) is 1.38. The Morgan fingerprint density at radius 1 is 0.446 bits per heavy atom. The van der Waals surface area contributed by atoms with Crippen LogP contribution < -0.4 is 41.5 Å². The number of aliphatic hydroxyl groups excluding tert-OH is 3. The number of carbonyl (C=O) groups is 6. The summed E-state index contributed by atoms with van der Waals surface area (Å²) < 4.78 is 45.6. The molecule has 0 bridgehead atoms.